The summed E-state index contributed by atoms with van der Waals surface area (Å²) in [4.78, 5) is 8.20. The van der Waals surface area contributed by atoms with Crippen LogP contribution in [0.5, 0.6) is 5.88 Å². The van der Waals surface area contributed by atoms with Crippen molar-refractivity contribution in [2.24, 2.45) is 0 Å². The first-order chi connectivity index (χ1) is 5.27. The molecule has 0 aliphatic carbocycles. The van der Waals surface area contributed by atoms with E-state index >= 15 is 0 Å². The number of aryl methyl sites for hydroxylation is 2. The SMILES string of the molecule is CCc1cnc(C)nc1OC.O. The fourth-order valence-corrected chi connectivity index (χ4v) is 0.893. The van der Waals surface area contributed by atoms with Gasteiger partial charge >= 0.3 is 0 Å². The lowest BCUT2D eigenvalue weighted by atomic mass is 10.2. The molecule has 0 radical (unpaired) electrons. The smallest absolute Gasteiger partial charge is 0.219 e. The van der Waals surface area contributed by atoms with E-state index in [9.17, 15) is 0 Å². The third-order valence-electron chi connectivity index (χ3n) is 1.52. The molecule has 0 atom stereocenters. The van der Waals surface area contributed by atoms with Crippen LogP contribution in [0.25, 0.3) is 0 Å². The van der Waals surface area contributed by atoms with Crippen molar-refractivity contribution in [3.05, 3.63) is 17.6 Å². The summed E-state index contributed by atoms with van der Waals surface area (Å²) in [7, 11) is 1.63. The summed E-state index contributed by atoms with van der Waals surface area (Å²) in [5.41, 5.74) is 1.05. The van der Waals surface area contributed by atoms with Crippen LogP contribution in [0, 0.1) is 6.92 Å². The minimum atomic E-state index is 0. The molecule has 0 amide bonds. The molecule has 0 bridgehead atoms. The zero-order valence-corrected chi connectivity index (χ0v) is 7.59. The maximum Gasteiger partial charge on any atom is 0.219 e. The summed E-state index contributed by atoms with van der Waals surface area (Å²) < 4.78 is 5.07. The van der Waals surface area contributed by atoms with Gasteiger partial charge in [0.15, 0.2) is 0 Å². The molecule has 1 heterocycles. The molecule has 4 heteroatoms. The average molecular weight is 170 g/mol. The van der Waals surface area contributed by atoms with Crippen molar-refractivity contribution < 1.29 is 10.2 Å². The summed E-state index contributed by atoms with van der Waals surface area (Å²) in [5.74, 6) is 1.44. The summed E-state index contributed by atoms with van der Waals surface area (Å²) in [5, 5.41) is 0. The molecule has 0 aromatic carbocycles. The zero-order valence-electron chi connectivity index (χ0n) is 7.59. The normalized spacial score (nSPS) is 8.92. The van der Waals surface area contributed by atoms with Crippen molar-refractivity contribution in [2.45, 2.75) is 20.3 Å². The van der Waals surface area contributed by atoms with E-state index < -0.39 is 0 Å². The number of aromatic nitrogens is 2. The lowest BCUT2D eigenvalue weighted by Crippen LogP contribution is -1.97. The average Bonchev–Trinajstić information content (AvgIpc) is 2.04. The molecule has 68 valence electrons. The largest absolute Gasteiger partial charge is 0.481 e. The highest BCUT2D eigenvalue weighted by Gasteiger charge is 2.01. The Balaban J connectivity index is 0.00000121. The molecule has 0 saturated carbocycles. The summed E-state index contributed by atoms with van der Waals surface area (Å²) >= 11 is 0. The highest BCUT2D eigenvalue weighted by Crippen LogP contribution is 2.13. The van der Waals surface area contributed by atoms with Crippen LogP contribution in [-0.2, 0) is 6.42 Å². The van der Waals surface area contributed by atoms with Crippen LogP contribution in [0.15, 0.2) is 6.20 Å². The fourth-order valence-electron chi connectivity index (χ4n) is 0.893. The molecular weight excluding hydrogens is 156 g/mol. The second-order valence-corrected chi connectivity index (χ2v) is 2.31. The first-order valence-corrected chi connectivity index (χ1v) is 3.64. The van der Waals surface area contributed by atoms with Gasteiger partial charge in [-0.15, -0.1) is 0 Å². The standard InChI is InChI=1S/C8H12N2O.H2O/c1-4-7-5-9-6(2)10-8(7)11-3;/h5H,4H2,1-3H3;1H2. The van der Waals surface area contributed by atoms with Gasteiger partial charge in [0.05, 0.1) is 7.11 Å². The summed E-state index contributed by atoms with van der Waals surface area (Å²) in [6, 6.07) is 0. The van der Waals surface area contributed by atoms with Gasteiger partial charge in [0.1, 0.15) is 5.82 Å². The molecule has 0 saturated heterocycles. The van der Waals surface area contributed by atoms with E-state index in [1.165, 1.54) is 0 Å². The van der Waals surface area contributed by atoms with Crippen molar-refractivity contribution in [3.63, 3.8) is 0 Å². The van der Waals surface area contributed by atoms with E-state index in [2.05, 4.69) is 16.9 Å². The Morgan fingerprint density at radius 1 is 1.50 bits per heavy atom. The third-order valence-corrected chi connectivity index (χ3v) is 1.52. The first-order valence-electron chi connectivity index (χ1n) is 3.64. The Morgan fingerprint density at radius 2 is 2.17 bits per heavy atom. The second kappa shape index (κ2) is 4.66. The fraction of sp³-hybridized carbons (Fsp3) is 0.500. The quantitative estimate of drug-likeness (QED) is 0.650. The molecule has 2 N–H and O–H groups in total. The number of ether oxygens (including phenoxy) is 1. The van der Waals surface area contributed by atoms with Gasteiger partial charge in [0, 0.05) is 11.8 Å². The molecule has 1 aromatic heterocycles. The molecule has 1 rings (SSSR count). The third kappa shape index (κ3) is 2.17. The Bertz CT molecular complexity index is 251. The van der Waals surface area contributed by atoms with Crippen molar-refractivity contribution in [2.75, 3.05) is 7.11 Å². The minimum absolute atomic E-state index is 0. The predicted octanol–water partition coefficient (Wildman–Crippen LogP) is 0.531. The van der Waals surface area contributed by atoms with Crippen LogP contribution in [0.1, 0.15) is 18.3 Å². The van der Waals surface area contributed by atoms with E-state index in [1.807, 2.05) is 6.92 Å². The molecule has 0 aliphatic rings. The molecule has 0 fully saturated rings. The minimum Gasteiger partial charge on any atom is -0.481 e. The lowest BCUT2D eigenvalue weighted by Gasteiger charge is -2.03. The Hall–Kier alpha value is -1.16. The van der Waals surface area contributed by atoms with Crippen LogP contribution in [0.2, 0.25) is 0 Å². The van der Waals surface area contributed by atoms with Crippen LogP contribution >= 0.6 is 0 Å². The summed E-state index contributed by atoms with van der Waals surface area (Å²) in [6.07, 6.45) is 2.71. The van der Waals surface area contributed by atoms with Crippen molar-refractivity contribution in [1.29, 1.82) is 0 Å². The van der Waals surface area contributed by atoms with Crippen molar-refractivity contribution >= 4 is 0 Å². The Kier molecular flexibility index (Phi) is 4.21. The Morgan fingerprint density at radius 3 is 2.67 bits per heavy atom. The van der Waals surface area contributed by atoms with Crippen molar-refractivity contribution in [1.82, 2.24) is 9.97 Å². The lowest BCUT2D eigenvalue weighted by molar-refractivity contribution is 0.390. The molecule has 1 aromatic rings. The van der Waals surface area contributed by atoms with Crippen LogP contribution in [0.4, 0.5) is 0 Å². The highest BCUT2D eigenvalue weighted by molar-refractivity contribution is 5.23. The van der Waals surface area contributed by atoms with E-state index in [0.717, 1.165) is 17.8 Å². The molecular formula is C8H14N2O2. The zero-order chi connectivity index (χ0) is 8.27. The molecule has 0 unspecified atom stereocenters. The van der Waals surface area contributed by atoms with Crippen molar-refractivity contribution in [3.8, 4) is 5.88 Å². The predicted molar refractivity (Wildman–Crippen MR) is 46.3 cm³/mol. The maximum absolute atomic E-state index is 5.07. The van der Waals surface area contributed by atoms with Gasteiger partial charge in [-0.25, -0.2) is 4.98 Å². The van der Waals surface area contributed by atoms with Crippen LogP contribution in [-0.4, -0.2) is 22.6 Å². The number of methoxy groups -OCH3 is 1. The van der Waals surface area contributed by atoms with Gasteiger partial charge in [0.2, 0.25) is 5.88 Å². The van der Waals surface area contributed by atoms with Gasteiger partial charge in [-0.2, -0.15) is 4.98 Å². The van der Waals surface area contributed by atoms with E-state index in [0.29, 0.717) is 5.88 Å². The number of hydrogen-bond donors (Lipinski definition) is 0. The van der Waals surface area contributed by atoms with Crippen LogP contribution in [0.3, 0.4) is 0 Å². The number of hydrogen-bond acceptors (Lipinski definition) is 3. The number of nitrogens with zero attached hydrogens (tertiary/aromatic N) is 2. The number of rotatable bonds is 2. The van der Waals surface area contributed by atoms with E-state index in [-0.39, 0.29) is 5.48 Å². The topological polar surface area (TPSA) is 66.5 Å². The second-order valence-electron chi connectivity index (χ2n) is 2.31. The maximum atomic E-state index is 5.07. The Labute approximate surface area is 71.9 Å². The van der Waals surface area contributed by atoms with Gasteiger partial charge < -0.3 is 10.2 Å². The molecule has 0 aliphatic heterocycles. The van der Waals surface area contributed by atoms with Gasteiger partial charge in [0.25, 0.3) is 0 Å². The summed E-state index contributed by atoms with van der Waals surface area (Å²) in [6.45, 7) is 3.90. The van der Waals surface area contributed by atoms with Gasteiger partial charge in [-0.3, -0.25) is 0 Å². The van der Waals surface area contributed by atoms with E-state index in [4.69, 9.17) is 4.74 Å². The van der Waals surface area contributed by atoms with Gasteiger partial charge in [-0.1, -0.05) is 6.92 Å². The van der Waals surface area contributed by atoms with E-state index in [1.54, 1.807) is 13.3 Å². The van der Waals surface area contributed by atoms with Crippen LogP contribution < -0.4 is 4.74 Å². The highest BCUT2D eigenvalue weighted by atomic mass is 16.5. The first kappa shape index (κ1) is 10.8. The monoisotopic (exact) mass is 170 g/mol. The van der Waals surface area contributed by atoms with Gasteiger partial charge in [-0.05, 0) is 13.3 Å². The molecule has 4 nitrogen and oxygen atoms in total. The molecule has 0 spiro atoms. The molecule has 12 heavy (non-hydrogen) atoms.